The van der Waals surface area contributed by atoms with Gasteiger partial charge in [0.05, 0.1) is 4.92 Å². The molecule has 0 unspecified atom stereocenters. The normalized spacial score (nSPS) is 10.4. The highest BCUT2D eigenvalue weighted by Gasteiger charge is 2.16. The number of nitrogens with zero attached hydrogens (tertiary/aromatic N) is 1. The van der Waals surface area contributed by atoms with Crippen molar-refractivity contribution in [3.8, 4) is 0 Å². The maximum atomic E-state index is 12.1. The first-order valence-corrected chi connectivity index (χ1v) is 8.94. The van der Waals surface area contributed by atoms with Crippen molar-refractivity contribution in [3.63, 3.8) is 0 Å². The van der Waals surface area contributed by atoms with E-state index < -0.39 is 23.4 Å². The standard InChI is InChI=1S/C18H20N2O5S/c1-4-5-13-9-16(26-12(13)3)18(22)25-10-17(21)19-15-7-6-14(20(23)24)8-11(15)2/h6-9H,4-5,10H2,1-3H3,(H,19,21). The Morgan fingerprint density at radius 2 is 2.00 bits per heavy atom. The molecule has 1 N–H and O–H groups in total. The minimum Gasteiger partial charge on any atom is -0.451 e. The van der Waals surface area contributed by atoms with Crippen molar-refractivity contribution in [2.75, 3.05) is 11.9 Å². The summed E-state index contributed by atoms with van der Waals surface area (Å²) in [6, 6.07) is 5.93. The average Bonchev–Trinajstić information content (AvgIpc) is 2.95. The number of esters is 1. The lowest BCUT2D eigenvalue weighted by Crippen LogP contribution is -2.21. The van der Waals surface area contributed by atoms with Gasteiger partial charge in [0.15, 0.2) is 6.61 Å². The van der Waals surface area contributed by atoms with Crippen LogP contribution in [0.3, 0.4) is 0 Å². The smallest absolute Gasteiger partial charge is 0.348 e. The lowest BCUT2D eigenvalue weighted by atomic mass is 10.1. The number of nitro benzene ring substituents is 1. The van der Waals surface area contributed by atoms with Crippen molar-refractivity contribution < 1.29 is 19.2 Å². The molecular formula is C18H20N2O5S. The van der Waals surface area contributed by atoms with Gasteiger partial charge < -0.3 is 10.1 Å². The Hall–Kier alpha value is -2.74. The number of aryl methyl sites for hydroxylation is 3. The van der Waals surface area contributed by atoms with Gasteiger partial charge >= 0.3 is 5.97 Å². The van der Waals surface area contributed by atoms with E-state index in [1.807, 2.05) is 13.0 Å². The largest absolute Gasteiger partial charge is 0.451 e. The summed E-state index contributed by atoms with van der Waals surface area (Å²) in [4.78, 5) is 35.8. The number of rotatable bonds is 7. The van der Waals surface area contributed by atoms with Crippen LogP contribution in [0.1, 0.15) is 39.0 Å². The molecule has 1 aromatic heterocycles. The van der Waals surface area contributed by atoms with Crippen molar-refractivity contribution in [1.29, 1.82) is 0 Å². The lowest BCUT2D eigenvalue weighted by molar-refractivity contribution is -0.384. The Bertz CT molecular complexity index is 844. The topological polar surface area (TPSA) is 98.5 Å². The van der Waals surface area contributed by atoms with E-state index in [4.69, 9.17) is 4.74 Å². The van der Waals surface area contributed by atoms with Crippen molar-refractivity contribution in [1.82, 2.24) is 0 Å². The number of nitrogens with one attached hydrogen (secondary N) is 1. The molecule has 0 radical (unpaired) electrons. The summed E-state index contributed by atoms with van der Waals surface area (Å²) in [6.07, 6.45) is 1.89. The molecule has 0 aliphatic heterocycles. The van der Waals surface area contributed by atoms with E-state index in [1.165, 1.54) is 29.5 Å². The molecule has 0 atom stereocenters. The molecule has 2 rings (SSSR count). The third-order valence-electron chi connectivity index (χ3n) is 3.77. The minimum absolute atomic E-state index is 0.0529. The van der Waals surface area contributed by atoms with E-state index in [2.05, 4.69) is 12.2 Å². The number of amides is 1. The number of nitro groups is 1. The van der Waals surface area contributed by atoms with Gasteiger partial charge in [0, 0.05) is 22.7 Å². The van der Waals surface area contributed by atoms with E-state index >= 15 is 0 Å². The third-order valence-corrected chi connectivity index (χ3v) is 4.84. The zero-order valence-corrected chi connectivity index (χ0v) is 15.6. The highest BCUT2D eigenvalue weighted by atomic mass is 32.1. The zero-order chi connectivity index (χ0) is 19.3. The SMILES string of the molecule is CCCc1cc(C(=O)OCC(=O)Nc2ccc([N+](=O)[O-])cc2C)sc1C. The van der Waals surface area contributed by atoms with Gasteiger partial charge in [-0.05, 0) is 43.5 Å². The van der Waals surface area contributed by atoms with Crippen molar-refractivity contribution in [3.05, 3.63) is 55.3 Å². The Morgan fingerprint density at radius 3 is 2.62 bits per heavy atom. The fourth-order valence-electron chi connectivity index (χ4n) is 2.43. The molecule has 0 aliphatic rings. The molecule has 1 aromatic carbocycles. The molecule has 138 valence electrons. The van der Waals surface area contributed by atoms with E-state index in [9.17, 15) is 19.7 Å². The summed E-state index contributed by atoms with van der Waals surface area (Å²) in [5.74, 6) is -1.03. The number of carbonyl (C=O) groups is 2. The Labute approximate surface area is 155 Å². The zero-order valence-electron chi connectivity index (χ0n) is 14.8. The van der Waals surface area contributed by atoms with Gasteiger partial charge in [-0.25, -0.2) is 4.79 Å². The van der Waals surface area contributed by atoms with E-state index in [-0.39, 0.29) is 5.69 Å². The fraction of sp³-hybridized carbons (Fsp3) is 0.333. The number of non-ortho nitro benzene ring substituents is 1. The Balaban J connectivity index is 1.93. The number of carbonyl (C=O) groups excluding carboxylic acids is 2. The predicted octanol–water partition coefficient (Wildman–Crippen LogP) is 4.02. The molecular weight excluding hydrogens is 356 g/mol. The van der Waals surface area contributed by atoms with Crippen LogP contribution < -0.4 is 5.32 Å². The molecule has 0 spiro atoms. The third kappa shape index (κ3) is 4.89. The first-order chi connectivity index (χ1) is 12.3. The van der Waals surface area contributed by atoms with Crippen molar-refractivity contribution in [2.24, 2.45) is 0 Å². The maximum absolute atomic E-state index is 12.1. The summed E-state index contributed by atoms with van der Waals surface area (Å²) < 4.78 is 5.06. The molecule has 0 bridgehead atoms. The Morgan fingerprint density at radius 1 is 1.27 bits per heavy atom. The summed E-state index contributed by atoms with van der Waals surface area (Å²) in [7, 11) is 0. The van der Waals surface area contributed by atoms with Gasteiger partial charge in [0.25, 0.3) is 11.6 Å². The molecule has 2 aromatic rings. The summed E-state index contributed by atoms with van der Waals surface area (Å²) >= 11 is 1.35. The molecule has 0 aliphatic carbocycles. The van der Waals surface area contributed by atoms with Gasteiger partial charge in [-0.3, -0.25) is 14.9 Å². The van der Waals surface area contributed by atoms with Crippen LogP contribution in [0.5, 0.6) is 0 Å². The van der Waals surface area contributed by atoms with Crippen molar-refractivity contribution in [2.45, 2.75) is 33.6 Å². The molecule has 8 heteroatoms. The van der Waals surface area contributed by atoms with Crippen LogP contribution >= 0.6 is 11.3 Å². The van der Waals surface area contributed by atoms with E-state index in [1.54, 1.807) is 6.92 Å². The maximum Gasteiger partial charge on any atom is 0.348 e. The summed E-state index contributed by atoms with van der Waals surface area (Å²) in [5.41, 5.74) is 2.06. The quantitative estimate of drug-likeness (QED) is 0.447. The summed E-state index contributed by atoms with van der Waals surface area (Å²) in [6.45, 7) is 5.25. The Kier molecular flexibility index (Phi) is 6.46. The number of anilines is 1. The van der Waals surface area contributed by atoms with Crippen molar-refractivity contribution >= 4 is 34.6 Å². The minimum atomic E-state index is -0.531. The first-order valence-electron chi connectivity index (χ1n) is 8.13. The molecule has 7 nitrogen and oxygen atoms in total. The number of hydrogen-bond acceptors (Lipinski definition) is 6. The van der Waals surface area contributed by atoms with Crippen LogP contribution in [-0.2, 0) is 16.0 Å². The molecule has 0 saturated carbocycles. The van der Waals surface area contributed by atoms with E-state index in [0.717, 1.165) is 23.3 Å². The highest BCUT2D eigenvalue weighted by Crippen LogP contribution is 2.24. The molecule has 0 fully saturated rings. The predicted molar refractivity (Wildman–Crippen MR) is 99.8 cm³/mol. The van der Waals surface area contributed by atoms with Gasteiger partial charge in [0.1, 0.15) is 4.88 Å². The van der Waals surface area contributed by atoms with Crippen LogP contribution in [0.15, 0.2) is 24.3 Å². The second-order valence-electron chi connectivity index (χ2n) is 5.82. The fourth-order valence-corrected chi connectivity index (χ4v) is 3.39. The summed E-state index contributed by atoms with van der Waals surface area (Å²) in [5, 5.41) is 13.3. The molecule has 0 saturated heterocycles. The lowest BCUT2D eigenvalue weighted by Gasteiger charge is -2.08. The van der Waals surface area contributed by atoms with Crippen LogP contribution in [0.4, 0.5) is 11.4 Å². The highest BCUT2D eigenvalue weighted by molar-refractivity contribution is 7.14. The van der Waals surface area contributed by atoms with E-state index in [0.29, 0.717) is 16.1 Å². The number of hydrogen-bond donors (Lipinski definition) is 1. The second-order valence-corrected chi connectivity index (χ2v) is 7.08. The average molecular weight is 376 g/mol. The van der Waals surface area contributed by atoms with Gasteiger partial charge in [-0.1, -0.05) is 13.3 Å². The molecule has 1 heterocycles. The molecule has 1 amide bonds. The van der Waals surface area contributed by atoms with Crippen LogP contribution in [0, 0.1) is 24.0 Å². The van der Waals surface area contributed by atoms with Gasteiger partial charge in [0.2, 0.25) is 0 Å². The van der Waals surface area contributed by atoms with Gasteiger partial charge in [-0.15, -0.1) is 11.3 Å². The molecule has 26 heavy (non-hydrogen) atoms. The second kappa shape index (κ2) is 8.57. The number of thiophene rings is 1. The van der Waals surface area contributed by atoms with Crippen LogP contribution in [0.2, 0.25) is 0 Å². The van der Waals surface area contributed by atoms with Crippen LogP contribution in [0.25, 0.3) is 0 Å². The number of benzene rings is 1. The van der Waals surface area contributed by atoms with Gasteiger partial charge in [-0.2, -0.15) is 0 Å². The van der Waals surface area contributed by atoms with Crippen LogP contribution in [-0.4, -0.2) is 23.4 Å². The first kappa shape index (κ1) is 19.6. The monoisotopic (exact) mass is 376 g/mol. The number of ether oxygens (including phenoxy) is 1.